The Labute approximate surface area is 97.5 Å². The number of hydrogen-bond acceptors (Lipinski definition) is 2. The molecule has 1 N–H and O–H groups in total. The molecule has 0 spiro atoms. The van der Waals surface area contributed by atoms with Crippen LogP contribution in [0, 0.1) is 0 Å². The molecule has 1 aromatic carbocycles. The van der Waals surface area contributed by atoms with Crippen molar-refractivity contribution in [1.29, 1.82) is 0 Å². The molecular weight excluding hydrogens is 252 g/mol. The predicted octanol–water partition coefficient (Wildman–Crippen LogP) is 3.46. The lowest BCUT2D eigenvalue weighted by molar-refractivity contribution is 1.10. The van der Waals surface area contributed by atoms with Crippen molar-refractivity contribution < 1.29 is 0 Å². The maximum atomic E-state index is 4.20. The molecule has 0 aliphatic heterocycles. The van der Waals surface area contributed by atoms with Gasteiger partial charge in [-0.3, -0.25) is 0 Å². The lowest BCUT2D eigenvalue weighted by atomic mass is 10.2. The van der Waals surface area contributed by atoms with E-state index in [9.17, 15) is 0 Å². The highest BCUT2D eigenvalue weighted by Gasteiger charge is 1.97. The number of anilines is 1. The molecule has 2 nitrogen and oxygen atoms in total. The first-order valence-electron chi connectivity index (χ1n) is 4.74. The number of benzene rings is 1. The van der Waals surface area contributed by atoms with Crippen LogP contribution in [-0.2, 0) is 6.54 Å². The first-order chi connectivity index (χ1) is 7.36. The van der Waals surface area contributed by atoms with Crippen molar-refractivity contribution in [3.8, 4) is 0 Å². The van der Waals surface area contributed by atoms with Gasteiger partial charge in [-0.2, -0.15) is 0 Å². The van der Waals surface area contributed by atoms with Gasteiger partial charge in [0.15, 0.2) is 0 Å². The molecule has 0 unspecified atom stereocenters. The van der Waals surface area contributed by atoms with E-state index in [1.165, 1.54) is 5.56 Å². The Morgan fingerprint density at radius 1 is 1.07 bits per heavy atom. The minimum Gasteiger partial charge on any atom is -0.366 e. The van der Waals surface area contributed by atoms with Crippen molar-refractivity contribution in [3.05, 3.63) is 58.7 Å². The van der Waals surface area contributed by atoms with Crippen LogP contribution in [-0.4, -0.2) is 4.98 Å². The zero-order valence-corrected chi connectivity index (χ0v) is 9.74. The fourth-order valence-electron chi connectivity index (χ4n) is 1.29. The van der Waals surface area contributed by atoms with E-state index in [2.05, 4.69) is 32.3 Å². The maximum Gasteiger partial charge on any atom is 0.126 e. The van der Waals surface area contributed by atoms with Gasteiger partial charge >= 0.3 is 0 Å². The van der Waals surface area contributed by atoms with E-state index in [4.69, 9.17) is 0 Å². The predicted molar refractivity (Wildman–Crippen MR) is 65.7 cm³/mol. The van der Waals surface area contributed by atoms with E-state index >= 15 is 0 Å². The quantitative estimate of drug-likeness (QED) is 0.917. The third kappa shape index (κ3) is 2.80. The lowest BCUT2D eigenvalue weighted by Gasteiger charge is -2.06. The van der Waals surface area contributed by atoms with Crippen LogP contribution in [0.4, 0.5) is 5.82 Å². The summed E-state index contributed by atoms with van der Waals surface area (Å²) in [5.41, 5.74) is 1.23. The number of halogens is 1. The third-order valence-corrected chi connectivity index (χ3v) is 2.86. The van der Waals surface area contributed by atoms with Crippen LogP contribution in [0.1, 0.15) is 5.56 Å². The SMILES string of the molecule is Brc1ccccc1CNc1ccccn1. The number of nitrogens with one attached hydrogen (secondary N) is 1. The second-order valence-corrected chi connectivity index (χ2v) is 4.01. The summed E-state index contributed by atoms with van der Waals surface area (Å²) in [5, 5.41) is 3.26. The molecule has 1 heterocycles. The molecule has 0 aliphatic rings. The van der Waals surface area contributed by atoms with E-state index in [1.54, 1.807) is 6.20 Å². The Morgan fingerprint density at radius 3 is 2.60 bits per heavy atom. The smallest absolute Gasteiger partial charge is 0.126 e. The number of nitrogens with zero attached hydrogens (tertiary/aromatic N) is 1. The van der Waals surface area contributed by atoms with Crippen molar-refractivity contribution in [2.24, 2.45) is 0 Å². The van der Waals surface area contributed by atoms with Crippen molar-refractivity contribution in [1.82, 2.24) is 4.98 Å². The zero-order chi connectivity index (χ0) is 10.5. The normalized spacial score (nSPS) is 9.93. The van der Waals surface area contributed by atoms with Gasteiger partial charge in [-0.15, -0.1) is 0 Å². The minimum absolute atomic E-state index is 0.776. The Kier molecular flexibility index (Phi) is 3.35. The van der Waals surface area contributed by atoms with E-state index in [0.29, 0.717) is 0 Å². The first-order valence-corrected chi connectivity index (χ1v) is 5.54. The number of hydrogen-bond donors (Lipinski definition) is 1. The Balaban J connectivity index is 2.03. The lowest BCUT2D eigenvalue weighted by Crippen LogP contribution is -2.01. The summed E-state index contributed by atoms with van der Waals surface area (Å²) in [6, 6.07) is 14.0. The Morgan fingerprint density at radius 2 is 1.87 bits per heavy atom. The van der Waals surface area contributed by atoms with E-state index < -0.39 is 0 Å². The molecular formula is C12H11BrN2. The van der Waals surface area contributed by atoms with Gasteiger partial charge in [0.1, 0.15) is 5.82 Å². The Hall–Kier alpha value is -1.35. The summed E-state index contributed by atoms with van der Waals surface area (Å²) >= 11 is 3.51. The zero-order valence-electron chi connectivity index (χ0n) is 8.15. The van der Waals surface area contributed by atoms with Crippen LogP contribution in [0.3, 0.4) is 0 Å². The second-order valence-electron chi connectivity index (χ2n) is 3.16. The Bertz CT molecular complexity index is 429. The first kappa shape index (κ1) is 10.2. The molecule has 0 bridgehead atoms. The summed E-state index contributed by atoms with van der Waals surface area (Å²) in [7, 11) is 0. The molecule has 76 valence electrons. The maximum absolute atomic E-state index is 4.20. The van der Waals surface area contributed by atoms with Gasteiger partial charge in [0, 0.05) is 17.2 Å². The molecule has 1 aromatic heterocycles. The van der Waals surface area contributed by atoms with Crippen LogP contribution in [0.2, 0.25) is 0 Å². The van der Waals surface area contributed by atoms with E-state index in [0.717, 1.165) is 16.8 Å². The minimum atomic E-state index is 0.776. The average Bonchev–Trinajstić information content (AvgIpc) is 2.29. The highest BCUT2D eigenvalue weighted by molar-refractivity contribution is 9.10. The second kappa shape index (κ2) is 4.94. The summed E-state index contributed by atoms with van der Waals surface area (Å²) in [4.78, 5) is 4.20. The molecule has 15 heavy (non-hydrogen) atoms. The summed E-state index contributed by atoms with van der Waals surface area (Å²) in [5.74, 6) is 0.897. The molecule has 3 heteroatoms. The van der Waals surface area contributed by atoms with Crippen molar-refractivity contribution in [2.75, 3.05) is 5.32 Å². The van der Waals surface area contributed by atoms with Crippen LogP contribution < -0.4 is 5.32 Å². The third-order valence-electron chi connectivity index (χ3n) is 2.08. The summed E-state index contributed by atoms with van der Waals surface area (Å²) in [6.07, 6.45) is 1.78. The van der Waals surface area contributed by atoms with Gasteiger partial charge < -0.3 is 5.32 Å². The molecule has 0 saturated carbocycles. The topological polar surface area (TPSA) is 24.9 Å². The molecule has 0 amide bonds. The molecule has 0 radical (unpaired) electrons. The molecule has 0 fully saturated rings. The monoisotopic (exact) mass is 262 g/mol. The number of rotatable bonds is 3. The highest BCUT2D eigenvalue weighted by atomic mass is 79.9. The van der Waals surface area contributed by atoms with E-state index in [1.807, 2.05) is 36.4 Å². The van der Waals surface area contributed by atoms with Crippen molar-refractivity contribution in [3.63, 3.8) is 0 Å². The number of aromatic nitrogens is 1. The van der Waals surface area contributed by atoms with Gasteiger partial charge in [0.05, 0.1) is 0 Å². The van der Waals surface area contributed by atoms with Crippen molar-refractivity contribution in [2.45, 2.75) is 6.54 Å². The van der Waals surface area contributed by atoms with E-state index in [-0.39, 0.29) is 0 Å². The van der Waals surface area contributed by atoms with Gasteiger partial charge in [-0.05, 0) is 23.8 Å². The molecule has 0 atom stereocenters. The largest absolute Gasteiger partial charge is 0.366 e. The van der Waals surface area contributed by atoms with Gasteiger partial charge in [0.25, 0.3) is 0 Å². The molecule has 2 aromatic rings. The van der Waals surface area contributed by atoms with Crippen molar-refractivity contribution >= 4 is 21.7 Å². The molecule has 0 saturated heterocycles. The van der Waals surface area contributed by atoms with Crippen LogP contribution >= 0.6 is 15.9 Å². The van der Waals surface area contributed by atoms with Crippen LogP contribution in [0.5, 0.6) is 0 Å². The van der Waals surface area contributed by atoms with Crippen LogP contribution in [0.25, 0.3) is 0 Å². The molecule has 2 rings (SSSR count). The highest BCUT2D eigenvalue weighted by Crippen LogP contribution is 2.16. The van der Waals surface area contributed by atoms with Gasteiger partial charge in [-0.1, -0.05) is 40.2 Å². The summed E-state index contributed by atoms with van der Waals surface area (Å²) in [6.45, 7) is 0.776. The fraction of sp³-hybridized carbons (Fsp3) is 0.0833. The summed E-state index contributed by atoms with van der Waals surface area (Å²) < 4.78 is 1.12. The number of pyridine rings is 1. The molecule has 0 aliphatic carbocycles. The standard InChI is InChI=1S/C12H11BrN2/c13-11-6-2-1-5-10(11)9-15-12-7-3-4-8-14-12/h1-8H,9H2,(H,14,15). The van der Waals surface area contributed by atoms with Gasteiger partial charge in [-0.25, -0.2) is 4.98 Å². The van der Waals surface area contributed by atoms with Gasteiger partial charge in [0.2, 0.25) is 0 Å². The van der Waals surface area contributed by atoms with Crippen LogP contribution in [0.15, 0.2) is 53.1 Å². The fourth-order valence-corrected chi connectivity index (χ4v) is 1.72. The average molecular weight is 263 g/mol.